The summed E-state index contributed by atoms with van der Waals surface area (Å²) in [6, 6.07) is 9.66. The van der Waals surface area contributed by atoms with Crippen molar-refractivity contribution < 1.29 is 14.3 Å². The van der Waals surface area contributed by atoms with Gasteiger partial charge in [0.15, 0.2) is 12.5 Å². The van der Waals surface area contributed by atoms with Gasteiger partial charge in [-0.3, -0.25) is 4.68 Å². The number of carbonyl (C=O) groups is 1. The number of anilines is 1. The summed E-state index contributed by atoms with van der Waals surface area (Å²) in [6.45, 7) is 2.19. The minimum absolute atomic E-state index is 0.125. The molecular formula is C15H19N3O3. The third-order valence-electron chi connectivity index (χ3n) is 3.07. The third-order valence-corrected chi connectivity index (χ3v) is 3.07. The second kappa shape index (κ2) is 6.90. The zero-order valence-corrected chi connectivity index (χ0v) is 12.2. The summed E-state index contributed by atoms with van der Waals surface area (Å²) in [6.07, 6.45) is 0.664. The number of hydrogen-bond donors (Lipinski definition) is 1. The number of esters is 1. The number of hydrogen-bond acceptors (Lipinski definition) is 5. The number of nitrogens with zero attached hydrogens (tertiary/aromatic N) is 2. The van der Waals surface area contributed by atoms with Gasteiger partial charge in [0.2, 0.25) is 0 Å². The van der Waals surface area contributed by atoms with Crippen molar-refractivity contribution in [2.75, 3.05) is 12.5 Å². The van der Waals surface area contributed by atoms with Gasteiger partial charge in [0, 0.05) is 7.05 Å². The molecule has 0 spiro atoms. The molecule has 0 aliphatic rings. The molecule has 0 saturated carbocycles. The van der Waals surface area contributed by atoms with Crippen LogP contribution >= 0.6 is 0 Å². The van der Waals surface area contributed by atoms with Crippen LogP contribution in [0.4, 0.5) is 5.69 Å². The highest BCUT2D eigenvalue weighted by Gasteiger charge is 2.20. The minimum atomic E-state index is -0.532. The molecule has 1 aromatic carbocycles. The zero-order valence-electron chi connectivity index (χ0n) is 12.2. The van der Waals surface area contributed by atoms with E-state index in [1.807, 2.05) is 37.3 Å². The Kier molecular flexibility index (Phi) is 4.94. The molecule has 2 aromatic rings. The number of carbonyl (C=O) groups excluding carboxylic acids is 1. The lowest BCUT2D eigenvalue weighted by molar-refractivity contribution is -0.0387. The topological polar surface area (TPSA) is 79.4 Å². The fraction of sp³-hybridized carbons (Fsp3) is 0.333. The summed E-state index contributed by atoms with van der Waals surface area (Å²) in [5, 5.41) is 4.18. The molecule has 0 aliphatic carbocycles. The van der Waals surface area contributed by atoms with Gasteiger partial charge in [0.1, 0.15) is 0 Å². The van der Waals surface area contributed by atoms with Gasteiger partial charge in [-0.25, -0.2) is 4.79 Å². The Morgan fingerprint density at radius 2 is 2.05 bits per heavy atom. The molecule has 1 heterocycles. The number of ether oxygens (including phenoxy) is 2. The van der Waals surface area contributed by atoms with Gasteiger partial charge in [-0.15, -0.1) is 0 Å². The Labute approximate surface area is 123 Å². The first-order valence-corrected chi connectivity index (χ1v) is 6.73. The second-order valence-electron chi connectivity index (χ2n) is 4.57. The maximum absolute atomic E-state index is 12.0. The van der Waals surface area contributed by atoms with Gasteiger partial charge < -0.3 is 15.2 Å². The van der Waals surface area contributed by atoms with Crippen molar-refractivity contribution in [1.82, 2.24) is 9.78 Å². The van der Waals surface area contributed by atoms with Crippen LogP contribution in [-0.4, -0.2) is 22.5 Å². The lowest BCUT2D eigenvalue weighted by Crippen LogP contribution is -2.14. The number of nitrogens with two attached hydrogens (primary N) is 1. The number of rotatable bonds is 6. The quantitative estimate of drug-likeness (QED) is 0.499. The van der Waals surface area contributed by atoms with Crippen molar-refractivity contribution in [3.63, 3.8) is 0 Å². The van der Waals surface area contributed by atoms with Crippen molar-refractivity contribution in [2.24, 2.45) is 7.05 Å². The highest BCUT2D eigenvalue weighted by atomic mass is 16.7. The first-order chi connectivity index (χ1) is 10.1. The molecule has 0 fully saturated rings. The summed E-state index contributed by atoms with van der Waals surface area (Å²) in [5.41, 5.74) is 8.22. The van der Waals surface area contributed by atoms with Crippen molar-refractivity contribution in [3.05, 3.63) is 47.3 Å². The molecule has 6 nitrogen and oxygen atoms in total. The molecule has 2 rings (SSSR count). The molecule has 1 aromatic heterocycles. The van der Waals surface area contributed by atoms with E-state index in [9.17, 15) is 4.79 Å². The standard InChI is InChI=1S/C15H19N3O3/c1-3-12-13(16)14(18(2)17-12)15(19)21-10-20-9-11-7-5-4-6-8-11/h4-8H,3,9-10,16H2,1-2H3. The van der Waals surface area contributed by atoms with Crippen LogP contribution in [0.2, 0.25) is 0 Å². The van der Waals surface area contributed by atoms with E-state index in [0.29, 0.717) is 24.4 Å². The van der Waals surface area contributed by atoms with E-state index < -0.39 is 5.97 Å². The Hall–Kier alpha value is -2.34. The molecule has 112 valence electrons. The average molecular weight is 289 g/mol. The first-order valence-electron chi connectivity index (χ1n) is 6.73. The summed E-state index contributed by atoms with van der Waals surface area (Å²) in [4.78, 5) is 12.0. The molecular weight excluding hydrogens is 270 g/mol. The van der Waals surface area contributed by atoms with Crippen molar-refractivity contribution >= 4 is 11.7 Å². The lowest BCUT2D eigenvalue weighted by atomic mass is 10.2. The zero-order chi connectivity index (χ0) is 15.2. The van der Waals surface area contributed by atoms with Crippen molar-refractivity contribution in [3.8, 4) is 0 Å². The summed E-state index contributed by atoms with van der Waals surface area (Å²) in [5.74, 6) is -0.532. The van der Waals surface area contributed by atoms with Crippen LogP contribution in [0.25, 0.3) is 0 Å². The Morgan fingerprint density at radius 3 is 2.67 bits per heavy atom. The number of nitrogen functional groups attached to an aromatic ring is 1. The van der Waals surface area contributed by atoms with Gasteiger partial charge in [-0.2, -0.15) is 5.10 Å². The van der Waals surface area contributed by atoms with Crippen LogP contribution in [0.1, 0.15) is 28.7 Å². The monoisotopic (exact) mass is 289 g/mol. The minimum Gasteiger partial charge on any atom is -0.434 e. The van der Waals surface area contributed by atoms with E-state index in [-0.39, 0.29) is 12.5 Å². The molecule has 0 radical (unpaired) electrons. The second-order valence-corrected chi connectivity index (χ2v) is 4.57. The molecule has 0 amide bonds. The van der Waals surface area contributed by atoms with Crippen LogP contribution in [-0.2, 0) is 29.5 Å². The normalized spacial score (nSPS) is 10.6. The first kappa shape index (κ1) is 15.1. The molecule has 0 saturated heterocycles. The highest BCUT2D eigenvalue weighted by molar-refractivity contribution is 5.93. The molecule has 21 heavy (non-hydrogen) atoms. The van der Waals surface area contributed by atoms with Gasteiger partial charge in [0.05, 0.1) is 18.0 Å². The lowest BCUT2D eigenvalue weighted by Gasteiger charge is -2.07. The Bertz CT molecular complexity index is 608. The molecule has 0 aliphatic heterocycles. The van der Waals surface area contributed by atoms with E-state index >= 15 is 0 Å². The number of benzene rings is 1. The summed E-state index contributed by atoms with van der Waals surface area (Å²) < 4.78 is 11.8. The molecule has 6 heteroatoms. The molecule has 0 atom stereocenters. The molecule has 0 bridgehead atoms. The van der Waals surface area contributed by atoms with Crippen LogP contribution in [0, 0.1) is 0 Å². The summed E-state index contributed by atoms with van der Waals surface area (Å²) >= 11 is 0. The number of aromatic nitrogens is 2. The fourth-order valence-electron chi connectivity index (χ4n) is 2.00. The van der Waals surface area contributed by atoms with E-state index in [1.54, 1.807) is 7.05 Å². The van der Waals surface area contributed by atoms with E-state index in [0.717, 1.165) is 5.56 Å². The van der Waals surface area contributed by atoms with E-state index in [4.69, 9.17) is 15.2 Å². The third kappa shape index (κ3) is 3.61. The predicted molar refractivity (Wildman–Crippen MR) is 78.5 cm³/mol. The van der Waals surface area contributed by atoms with Crippen molar-refractivity contribution in [1.29, 1.82) is 0 Å². The Balaban J connectivity index is 1.86. The van der Waals surface area contributed by atoms with Gasteiger partial charge in [-0.05, 0) is 12.0 Å². The van der Waals surface area contributed by atoms with Gasteiger partial charge in [0.25, 0.3) is 0 Å². The van der Waals surface area contributed by atoms with Crippen LogP contribution in [0.3, 0.4) is 0 Å². The number of aryl methyl sites for hydroxylation is 2. The maximum Gasteiger partial charge on any atom is 0.360 e. The fourth-order valence-corrected chi connectivity index (χ4v) is 2.00. The maximum atomic E-state index is 12.0. The van der Waals surface area contributed by atoms with E-state index in [2.05, 4.69) is 5.10 Å². The predicted octanol–water partition coefficient (Wildman–Crippen LogP) is 1.90. The molecule has 0 unspecified atom stereocenters. The average Bonchev–Trinajstić information content (AvgIpc) is 2.79. The smallest absolute Gasteiger partial charge is 0.360 e. The highest BCUT2D eigenvalue weighted by Crippen LogP contribution is 2.17. The molecule has 2 N–H and O–H groups in total. The van der Waals surface area contributed by atoms with Crippen molar-refractivity contribution in [2.45, 2.75) is 20.0 Å². The van der Waals surface area contributed by atoms with Crippen LogP contribution < -0.4 is 5.73 Å². The van der Waals surface area contributed by atoms with Gasteiger partial charge >= 0.3 is 5.97 Å². The van der Waals surface area contributed by atoms with Gasteiger partial charge in [-0.1, -0.05) is 37.3 Å². The summed E-state index contributed by atoms with van der Waals surface area (Å²) in [7, 11) is 1.66. The van der Waals surface area contributed by atoms with E-state index in [1.165, 1.54) is 4.68 Å². The Morgan fingerprint density at radius 1 is 1.33 bits per heavy atom. The largest absolute Gasteiger partial charge is 0.434 e. The van der Waals surface area contributed by atoms with Crippen LogP contribution in [0.15, 0.2) is 30.3 Å². The van der Waals surface area contributed by atoms with Crippen LogP contribution in [0.5, 0.6) is 0 Å². The SMILES string of the molecule is CCc1nn(C)c(C(=O)OCOCc2ccccc2)c1N.